The van der Waals surface area contributed by atoms with Crippen LogP contribution in [0, 0.1) is 12.3 Å². The zero-order valence-electron chi connectivity index (χ0n) is 8.99. The lowest BCUT2D eigenvalue weighted by atomic mass is 9.95. The first kappa shape index (κ1) is 10.7. The van der Waals surface area contributed by atoms with Gasteiger partial charge in [0.2, 0.25) is 5.91 Å². The van der Waals surface area contributed by atoms with E-state index in [-0.39, 0.29) is 11.9 Å². The smallest absolute Gasteiger partial charge is 0.238 e. The molecule has 1 aromatic rings. The molecular formula is C13H14N2O. The molecule has 1 heterocycles. The van der Waals surface area contributed by atoms with E-state index in [2.05, 4.69) is 28.7 Å². The Bertz CT molecular complexity index is 434. The Labute approximate surface area is 95.2 Å². The zero-order valence-corrected chi connectivity index (χ0v) is 8.99. The van der Waals surface area contributed by atoms with Gasteiger partial charge in [-0.05, 0) is 17.5 Å². The molecular weight excluding hydrogens is 200 g/mol. The Kier molecular flexibility index (Phi) is 3.23. The standard InChI is InChI=1S/C13H14N2O/c1-2-7-14-13(16)12-8-10-5-3-4-6-11(10)9-15-12/h1,3-6,12,15H,7-9H2,(H,14,16)/t12-/m1/s1. The molecule has 16 heavy (non-hydrogen) atoms. The number of hydrogen-bond donors (Lipinski definition) is 2. The van der Waals surface area contributed by atoms with Gasteiger partial charge < -0.3 is 10.6 Å². The maximum absolute atomic E-state index is 11.7. The van der Waals surface area contributed by atoms with Gasteiger partial charge in [0.15, 0.2) is 0 Å². The van der Waals surface area contributed by atoms with Crippen LogP contribution in [0.5, 0.6) is 0 Å². The number of terminal acetylenes is 1. The van der Waals surface area contributed by atoms with Gasteiger partial charge in [-0.15, -0.1) is 6.42 Å². The molecule has 0 aromatic heterocycles. The van der Waals surface area contributed by atoms with E-state index in [9.17, 15) is 4.79 Å². The van der Waals surface area contributed by atoms with Crippen LogP contribution in [0.25, 0.3) is 0 Å². The van der Waals surface area contributed by atoms with E-state index in [1.54, 1.807) is 0 Å². The maximum Gasteiger partial charge on any atom is 0.238 e. The van der Waals surface area contributed by atoms with Crippen molar-refractivity contribution in [3.05, 3.63) is 35.4 Å². The molecule has 3 nitrogen and oxygen atoms in total. The van der Waals surface area contributed by atoms with Crippen LogP contribution in [-0.4, -0.2) is 18.5 Å². The lowest BCUT2D eigenvalue weighted by Crippen LogP contribution is -2.47. The molecule has 0 unspecified atom stereocenters. The minimum absolute atomic E-state index is 0.0209. The SMILES string of the molecule is C#CCNC(=O)[C@H]1Cc2ccccc2CN1. The van der Waals surface area contributed by atoms with Crippen molar-refractivity contribution in [2.75, 3.05) is 6.54 Å². The van der Waals surface area contributed by atoms with Gasteiger partial charge in [-0.2, -0.15) is 0 Å². The molecule has 3 heteroatoms. The normalized spacial score (nSPS) is 18.3. The maximum atomic E-state index is 11.7. The minimum atomic E-state index is -0.164. The molecule has 2 N–H and O–H groups in total. The fourth-order valence-electron chi connectivity index (χ4n) is 1.90. The molecule has 1 aromatic carbocycles. The van der Waals surface area contributed by atoms with E-state index in [4.69, 9.17) is 6.42 Å². The Hall–Kier alpha value is -1.79. The van der Waals surface area contributed by atoms with Crippen molar-refractivity contribution >= 4 is 5.91 Å². The number of hydrogen-bond acceptors (Lipinski definition) is 2. The summed E-state index contributed by atoms with van der Waals surface area (Å²) < 4.78 is 0. The van der Waals surface area contributed by atoms with E-state index in [1.165, 1.54) is 11.1 Å². The van der Waals surface area contributed by atoms with Crippen LogP contribution in [0.4, 0.5) is 0 Å². The molecule has 0 bridgehead atoms. The molecule has 82 valence electrons. The first-order valence-corrected chi connectivity index (χ1v) is 5.32. The predicted octanol–water partition coefficient (Wildman–Crippen LogP) is 0.450. The third-order valence-electron chi connectivity index (χ3n) is 2.76. The quantitative estimate of drug-likeness (QED) is 0.702. The van der Waals surface area contributed by atoms with Gasteiger partial charge in [-0.25, -0.2) is 0 Å². The van der Waals surface area contributed by atoms with Crippen molar-refractivity contribution in [3.63, 3.8) is 0 Å². The fourth-order valence-corrected chi connectivity index (χ4v) is 1.90. The van der Waals surface area contributed by atoms with Gasteiger partial charge >= 0.3 is 0 Å². The molecule has 0 saturated carbocycles. The van der Waals surface area contributed by atoms with Crippen LogP contribution in [0.1, 0.15) is 11.1 Å². The van der Waals surface area contributed by atoms with E-state index in [0.29, 0.717) is 6.54 Å². The largest absolute Gasteiger partial charge is 0.344 e. The van der Waals surface area contributed by atoms with Crippen molar-refractivity contribution in [1.29, 1.82) is 0 Å². The Morgan fingerprint density at radius 2 is 2.25 bits per heavy atom. The summed E-state index contributed by atoms with van der Waals surface area (Å²) in [6.45, 7) is 1.03. The Morgan fingerprint density at radius 3 is 3.00 bits per heavy atom. The van der Waals surface area contributed by atoms with E-state index in [1.807, 2.05) is 12.1 Å². The van der Waals surface area contributed by atoms with Crippen LogP contribution >= 0.6 is 0 Å². The number of benzene rings is 1. The third-order valence-corrected chi connectivity index (χ3v) is 2.76. The number of carbonyl (C=O) groups is 1. The number of carbonyl (C=O) groups excluding carboxylic acids is 1. The van der Waals surface area contributed by atoms with Gasteiger partial charge in [0.1, 0.15) is 0 Å². The molecule has 1 aliphatic heterocycles. The van der Waals surface area contributed by atoms with Gasteiger partial charge in [0.05, 0.1) is 12.6 Å². The molecule has 0 fully saturated rings. The Balaban J connectivity index is 2.03. The third kappa shape index (κ3) is 2.23. The van der Waals surface area contributed by atoms with E-state index < -0.39 is 0 Å². The van der Waals surface area contributed by atoms with Crippen molar-refractivity contribution in [2.24, 2.45) is 0 Å². The lowest BCUT2D eigenvalue weighted by molar-refractivity contribution is -0.123. The highest BCUT2D eigenvalue weighted by Gasteiger charge is 2.22. The van der Waals surface area contributed by atoms with Crippen molar-refractivity contribution in [2.45, 2.75) is 19.0 Å². The lowest BCUT2D eigenvalue weighted by Gasteiger charge is -2.24. The fraction of sp³-hybridized carbons (Fsp3) is 0.308. The number of rotatable bonds is 2. The molecule has 1 atom stereocenters. The molecule has 0 radical (unpaired) electrons. The molecule has 0 aliphatic carbocycles. The average Bonchev–Trinajstić information content (AvgIpc) is 2.35. The molecule has 2 rings (SSSR count). The number of amides is 1. The van der Waals surface area contributed by atoms with Gasteiger partial charge in [0.25, 0.3) is 0 Å². The van der Waals surface area contributed by atoms with Crippen LogP contribution in [0.2, 0.25) is 0 Å². The summed E-state index contributed by atoms with van der Waals surface area (Å²) in [5, 5.41) is 5.90. The van der Waals surface area contributed by atoms with E-state index >= 15 is 0 Å². The van der Waals surface area contributed by atoms with Crippen LogP contribution in [0.15, 0.2) is 24.3 Å². The first-order chi connectivity index (χ1) is 7.81. The van der Waals surface area contributed by atoms with Crippen LogP contribution in [0.3, 0.4) is 0 Å². The highest BCUT2D eigenvalue weighted by Crippen LogP contribution is 2.15. The monoisotopic (exact) mass is 214 g/mol. The van der Waals surface area contributed by atoms with Crippen LogP contribution < -0.4 is 10.6 Å². The summed E-state index contributed by atoms with van der Waals surface area (Å²) in [5.74, 6) is 2.38. The van der Waals surface area contributed by atoms with E-state index in [0.717, 1.165) is 13.0 Å². The summed E-state index contributed by atoms with van der Waals surface area (Å²) >= 11 is 0. The number of nitrogens with one attached hydrogen (secondary N) is 2. The summed E-state index contributed by atoms with van der Waals surface area (Å²) in [6, 6.07) is 8.00. The summed E-state index contributed by atoms with van der Waals surface area (Å²) in [4.78, 5) is 11.7. The Morgan fingerprint density at radius 1 is 1.50 bits per heavy atom. The van der Waals surface area contributed by atoms with Crippen LogP contribution in [-0.2, 0) is 17.8 Å². The van der Waals surface area contributed by atoms with Crippen molar-refractivity contribution < 1.29 is 4.79 Å². The average molecular weight is 214 g/mol. The molecule has 0 spiro atoms. The van der Waals surface area contributed by atoms with Gasteiger partial charge in [0, 0.05) is 6.54 Å². The summed E-state index contributed by atoms with van der Waals surface area (Å²) in [6.07, 6.45) is 5.83. The summed E-state index contributed by atoms with van der Waals surface area (Å²) in [7, 11) is 0. The van der Waals surface area contributed by atoms with Gasteiger partial charge in [-0.3, -0.25) is 4.79 Å². The highest BCUT2D eigenvalue weighted by molar-refractivity contribution is 5.82. The zero-order chi connectivity index (χ0) is 11.4. The highest BCUT2D eigenvalue weighted by atomic mass is 16.2. The minimum Gasteiger partial charge on any atom is -0.344 e. The summed E-state index contributed by atoms with van der Waals surface area (Å²) in [5.41, 5.74) is 2.51. The molecule has 1 aliphatic rings. The first-order valence-electron chi connectivity index (χ1n) is 5.32. The topological polar surface area (TPSA) is 41.1 Å². The predicted molar refractivity (Wildman–Crippen MR) is 62.6 cm³/mol. The van der Waals surface area contributed by atoms with Crippen molar-refractivity contribution in [3.8, 4) is 12.3 Å². The second kappa shape index (κ2) is 4.82. The van der Waals surface area contributed by atoms with Crippen molar-refractivity contribution in [1.82, 2.24) is 10.6 Å². The van der Waals surface area contributed by atoms with Gasteiger partial charge in [-0.1, -0.05) is 30.2 Å². The second-order valence-corrected chi connectivity index (χ2v) is 3.83. The second-order valence-electron chi connectivity index (χ2n) is 3.83. The number of fused-ring (bicyclic) bond motifs is 1. The molecule has 0 saturated heterocycles. The molecule has 1 amide bonds.